The first-order chi connectivity index (χ1) is 10.9. The number of halogens is 1. The second-order valence-electron chi connectivity index (χ2n) is 6.64. The molecule has 5 heteroatoms. The Balaban J connectivity index is 1.90. The molecular weight excluding hydrogens is 358 g/mol. The number of carboxylic acids is 1. The van der Waals surface area contributed by atoms with Crippen molar-refractivity contribution in [1.29, 1.82) is 0 Å². The van der Waals surface area contributed by atoms with Gasteiger partial charge in [-0.1, -0.05) is 33.1 Å². The summed E-state index contributed by atoms with van der Waals surface area (Å²) in [5, 5.41) is 12.6. The average Bonchev–Trinajstić information content (AvgIpc) is 3.02. The molecule has 1 amide bonds. The summed E-state index contributed by atoms with van der Waals surface area (Å²) in [6.07, 6.45) is 1.79. The van der Waals surface area contributed by atoms with Crippen LogP contribution in [0.1, 0.15) is 26.7 Å². The van der Waals surface area contributed by atoms with Crippen LogP contribution in [-0.2, 0) is 9.59 Å². The number of benzene rings is 1. The number of carbonyl (C=O) groups is 2. The van der Waals surface area contributed by atoms with Crippen LogP contribution >= 0.6 is 15.9 Å². The van der Waals surface area contributed by atoms with E-state index in [1.54, 1.807) is 0 Å². The molecule has 2 N–H and O–H groups in total. The predicted molar refractivity (Wildman–Crippen MR) is 92.0 cm³/mol. The highest BCUT2D eigenvalue weighted by atomic mass is 79.9. The van der Waals surface area contributed by atoms with Gasteiger partial charge in [0.15, 0.2) is 0 Å². The van der Waals surface area contributed by atoms with Gasteiger partial charge in [0.2, 0.25) is 5.91 Å². The van der Waals surface area contributed by atoms with Crippen molar-refractivity contribution < 1.29 is 14.7 Å². The Morgan fingerprint density at radius 2 is 1.83 bits per heavy atom. The molecule has 2 fully saturated rings. The summed E-state index contributed by atoms with van der Waals surface area (Å²) in [6.45, 7) is 4.04. The summed E-state index contributed by atoms with van der Waals surface area (Å²) in [7, 11) is 0. The first-order valence-electron chi connectivity index (χ1n) is 7.86. The van der Waals surface area contributed by atoms with Gasteiger partial charge in [0.25, 0.3) is 0 Å². The van der Waals surface area contributed by atoms with E-state index in [0.717, 1.165) is 17.3 Å². The average molecular weight is 378 g/mol. The minimum absolute atomic E-state index is 0.0146. The first kappa shape index (κ1) is 16.2. The van der Waals surface area contributed by atoms with Gasteiger partial charge < -0.3 is 10.4 Å². The van der Waals surface area contributed by atoms with Gasteiger partial charge in [-0.2, -0.15) is 0 Å². The highest BCUT2D eigenvalue weighted by Crippen LogP contribution is 2.57. The van der Waals surface area contributed by atoms with Gasteiger partial charge in [-0.15, -0.1) is 0 Å². The van der Waals surface area contributed by atoms with E-state index in [1.165, 1.54) is 11.1 Å². The van der Waals surface area contributed by atoms with E-state index in [0.29, 0.717) is 5.69 Å². The molecule has 0 aliphatic heterocycles. The van der Waals surface area contributed by atoms with E-state index in [9.17, 15) is 14.7 Å². The zero-order chi connectivity index (χ0) is 16.7. The van der Waals surface area contributed by atoms with E-state index in [1.807, 2.05) is 38.1 Å². The number of amides is 1. The molecule has 2 saturated carbocycles. The van der Waals surface area contributed by atoms with Crippen LogP contribution in [0.2, 0.25) is 0 Å². The Kier molecular flexibility index (Phi) is 4.32. The monoisotopic (exact) mass is 377 g/mol. The van der Waals surface area contributed by atoms with Gasteiger partial charge in [-0.05, 0) is 56.7 Å². The maximum atomic E-state index is 12.8. The molecule has 0 unspecified atom stereocenters. The standard InChI is InChI=1S/C18H20BrNO3/c1-9(2)14-12-6-7-13(14)16(18(22)23)15(12)17(21)20-11-5-3-4-10(19)8-11/h3-5,8,12-13,15-16H,6-7H2,1-2H3,(H,20,21)(H,22,23)/t12-,13+,15-,16+/m1/s1. The number of hydrogen-bond acceptors (Lipinski definition) is 2. The van der Waals surface area contributed by atoms with Crippen LogP contribution in [0.25, 0.3) is 0 Å². The van der Waals surface area contributed by atoms with Gasteiger partial charge in [-0.25, -0.2) is 0 Å². The molecule has 0 heterocycles. The van der Waals surface area contributed by atoms with Crippen molar-refractivity contribution in [3.8, 4) is 0 Å². The number of carboxylic acid groups (broad SMARTS) is 1. The molecule has 1 aromatic rings. The van der Waals surface area contributed by atoms with Gasteiger partial charge in [0, 0.05) is 10.2 Å². The van der Waals surface area contributed by atoms with Gasteiger partial charge in [0.1, 0.15) is 0 Å². The smallest absolute Gasteiger partial charge is 0.307 e. The first-order valence-corrected chi connectivity index (χ1v) is 8.66. The quantitative estimate of drug-likeness (QED) is 0.779. The lowest BCUT2D eigenvalue weighted by molar-refractivity contribution is -0.148. The van der Waals surface area contributed by atoms with E-state index < -0.39 is 17.8 Å². The molecule has 1 aromatic carbocycles. The van der Waals surface area contributed by atoms with Crippen LogP contribution in [0.4, 0.5) is 5.69 Å². The van der Waals surface area contributed by atoms with E-state index in [4.69, 9.17) is 0 Å². The topological polar surface area (TPSA) is 66.4 Å². The van der Waals surface area contributed by atoms with E-state index >= 15 is 0 Å². The van der Waals surface area contributed by atoms with E-state index in [-0.39, 0.29) is 17.7 Å². The Morgan fingerprint density at radius 1 is 1.17 bits per heavy atom. The number of rotatable bonds is 3. The van der Waals surface area contributed by atoms with Crippen molar-refractivity contribution in [3.63, 3.8) is 0 Å². The normalized spacial score (nSPS) is 28.7. The van der Waals surface area contributed by atoms with Crippen molar-refractivity contribution >= 4 is 33.5 Å². The lowest BCUT2D eigenvalue weighted by Gasteiger charge is -2.26. The third-order valence-electron chi connectivity index (χ3n) is 5.10. The lowest BCUT2D eigenvalue weighted by Crippen LogP contribution is -2.37. The molecule has 122 valence electrons. The van der Waals surface area contributed by atoms with Crippen LogP contribution in [-0.4, -0.2) is 17.0 Å². The van der Waals surface area contributed by atoms with Crippen molar-refractivity contribution in [1.82, 2.24) is 0 Å². The minimum atomic E-state index is -0.856. The largest absolute Gasteiger partial charge is 0.481 e. The number of anilines is 1. The van der Waals surface area contributed by atoms with Crippen molar-refractivity contribution in [2.75, 3.05) is 5.32 Å². The summed E-state index contributed by atoms with van der Waals surface area (Å²) >= 11 is 3.38. The molecule has 2 aliphatic carbocycles. The highest BCUT2D eigenvalue weighted by Gasteiger charge is 2.57. The number of carbonyl (C=O) groups excluding carboxylic acids is 1. The fourth-order valence-corrected chi connectivity index (χ4v) is 4.80. The third kappa shape index (κ3) is 2.82. The van der Waals surface area contributed by atoms with Crippen LogP contribution < -0.4 is 5.32 Å². The number of allylic oxidation sites excluding steroid dienone is 2. The Bertz CT molecular complexity index is 693. The van der Waals surface area contributed by atoms with Crippen LogP contribution in [0.5, 0.6) is 0 Å². The van der Waals surface area contributed by atoms with Crippen LogP contribution in [0, 0.1) is 23.7 Å². The second kappa shape index (κ2) is 6.11. The molecule has 4 nitrogen and oxygen atoms in total. The number of hydrogen-bond donors (Lipinski definition) is 2. The molecule has 23 heavy (non-hydrogen) atoms. The van der Waals surface area contributed by atoms with Crippen LogP contribution in [0.3, 0.4) is 0 Å². The molecule has 0 spiro atoms. The number of aliphatic carboxylic acids is 1. The maximum absolute atomic E-state index is 12.8. The molecule has 0 aromatic heterocycles. The molecule has 0 radical (unpaired) electrons. The molecule has 2 aliphatic rings. The highest BCUT2D eigenvalue weighted by molar-refractivity contribution is 9.10. The number of fused-ring (bicyclic) bond motifs is 2. The lowest BCUT2D eigenvalue weighted by atomic mass is 9.78. The summed E-state index contributed by atoms with van der Waals surface area (Å²) in [4.78, 5) is 24.6. The van der Waals surface area contributed by atoms with Crippen molar-refractivity contribution in [2.24, 2.45) is 23.7 Å². The van der Waals surface area contributed by atoms with E-state index in [2.05, 4.69) is 21.2 Å². The fourth-order valence-electron chi connectivity index (χ4n) is 4.40. The van der Waals surface area contributed by atoms with Crippen molar-refractivity contribution in [2.45, 2.75) is 26.7 Å². The molecule has 0 saturated heterocycles. The Morgan fingerprint density at radius 3 is 2.39 bits per heavy atom. The Hall–Kier alpha value is -1.62. The predicted octanol–water partition coefficient (Wildman–Crippen LogP) is 4.08. The van der Waals surface area contributed by atoms with Crippen LogP contribution in [0.15, 0.2) is 39.9 Å². The summed E-state index contributed by atoms with van der Waals surface area (Å²) < 4.78 is 0.878. The molecule has 3 rings (SSSR count). The summed E-state index contributed by atoms with van der Waals surface area (Å²) in [5.41, 5.74) is 3.06. The molecular formula is C18H20BrNO3. The summed E-state index contributed by atoms with van der Waals surface area (Å²) in [6, 6.07) is 7.36. The SMILES string of the molecule is CC(C)=C1[C@H]2CC[C@@H]1[C@H](C(=O)O)[C@@H]2C(=O)Nc1cccc(Br)c1. The fraction of sp³-hybridized carbons (Fsp3) is 0.444. The van der Waals surface area contributed by atoms with Gasteiger partial charge >= 0.3 is 5.97 Å². The van der Waals surface area contributed by atoms with Gasteiger partial charge in [0.05, 0.1) is 11.8 Å². The Labute approximate surface area is 144 Å². The number of nitrogens with one attached hydrogen (secondary N) is 1. The molecule has 4 atom stereocenters. The molecule has 2 bridgehead atoms. The maximum Gasteiger partial charge on any atom is 0.307 e. The van der Waals surface area contributed by atoms with Gasteiger partial charge in [-0.3, -0.25) is 9.59 Å². The zero-order valence-electron chi connectivity index (χ0n) is 13.2. The van der Waals surface area contributed by atoms with Crippen molar-refractivity contribution in [3.05, 3.63) is 39.9 Å². The summed E-state index contributed by atoms with van der Waals surface area (Å²) in [5.74, 6) is -2.04. The third-order valence-corrected chi connectivity index (χ3v) is 5.59. The zero-order valence-corrected chi connectivity index (χ0v) is 14.8. The minimum Gasteiger partial charge on any atom is -0.481 e. The second-order valence-corrected chi connectivity index (χ2v) is 7.55.